The quantitative estimate of drug-likeness (QED) is 0.168. The molecule has 0 spiro atoms. The van der Waals surface area contributed by atoms with Crippen molar-refractivity contribution in [2.45, 2.75) is 19.3 Å². The Kier molecular flexibility index (Phi) is 8.16. The number of benzene rings is 9. The third-order valence-corrected chi connectivity index (χ3v) is 12.7. The van der Waals surface area contributed by atoms with E-state index < -0.39 is 0 Å². The monoisotopic (exact) mass is 793 g/mol. The SMILES string of the molecule is CC1(C)c2ccccc2-c2c(-c3cccc(-c4nc(-c5ccc6ccccc6c5)nc(-c5ccc6c(c5)oc5cccc(-c7cccc(-c8ccccc8)c7)c56)n4)c3)cccc21. The molecule has 0 atom stereocenters. The van der Waals surface area contributed by atoms with E-state index in [1.165, 1.54) is 44.3 Å². The molecule has 292 valence electrons. The molecule has 2 aromatic heterocycles. The average molecular weight is 794 g/mol. The van der Waals surface area contributed by atoms with E-state index in [-0.39, 0.29) is 5.41 Å². The van der Waals surface area contributed by atoms with E-state index in [2.05, 4.69) is 208 Å². The van der Waals surface area contributed by atoms with Gasteiger partial charge in [0, 0.05) is 32.9 Å². The van der Waals surface area contributed by atoms with Crippen molar-refractivity contribution in [3.63, 3.8) is 0 Å². The summed E-state index contributed by atoms with van der Waals surface area (Å²) < 4.78 is 6.64. The molecule has 1 aliphatic carbocycles. The van der Waals surface area contributed by atoms with Crippen LogP contribution in [0.3, 0.4) is 0 Å². The summed E-state index contributed by atoms with van der Waals surface area (Å²) in [6, 6.07) is 70.8. The van der Waals surface area contributed by atoms with Crippen LogP contribution in [0.5, 0.6) is 0 Å². The van der Waals surface area contributed by atoms with Crippen LogP contribution in [0.4, 0.5) is 0 Å². The first-order chi connectivity index (χ1) is 30.5. The number of fused-ring (bicyclic) bond motifs is 7. The van der Waals surface area contributed by atoms with Gasteiger partial charge in [0.05, 0.1) is 0 Å². The van der Waals surface area contributed by atoms with Crippen LogP contribution >= 0.6 is 0 Å². The van der Waals surface area contributed by atoms with Crippen LogP contribution in [0.2, 0.25) is 0 Å². The summed E-state index contributed by atoms with van der Waals surface area (Å²) in [6.45, 7) is 4.65. The van der Waals surface area contributed by atoms with Gasteiger partial charge in [-0.15, -0.1) is 0 Å². The van der Waals surface area contributed by atoms with Gasteiger partial charge in [-0.05, 0) is 103 Å². The zero-order chi connectivity index (χ0) is 41.4. The molecular weight excluding hydrogens is 755 g/mol. The molecule has 11 aromatic rings. The summed E-state index contributed by atoms with van der Waals surface area (Å²) in [5, 5.41) is 4.43. The Labute approximate surface area is 359 Å². The van der Waals surface area contributed by atoms with Crippen molar-refractivity contribution in [3.8, 4) is 78.7 Å². The van der Waals surface area contributed by atoms with Crippen molar-refractivity contribution in [2.75, 3.05) is 0 Å². The molecule has 0 saturated heterocycles. The van der Waals surface area contributed by atoms with Gasteiger partial charge in [0.2, 0.25) is 0 Å². The van der Waals surface area contributed by atoms with Crippen molar-refractivity contribution in [1.82, 2.24) is 15.0 Å². The zero-order valence-electron chi connectivity index (χ0n) is 34.3. The van der Waals surface area contributed by atoms with Crippen molar-refractivity contribution < 1.29 is 4.42 Å². The Morgan fingerprint density at radius 3 is 1.73 bits per heavy atom. The highest BCUT2D eigenvalue weighted by molar-refractivity contribution is 6.13. The lowest BCUT2D eigenvalue weighted by Crippen LogP contribution is -2.14. The summed E-state index contributed by atoms with van der Waals surface area (Å²) in [5.41, 5.74) is 16.5. The molecule has 0 fully saturated rings. The van der Waals surface area contributed by atoms with Crippen molar-refractivity contribution >= 4 is 32.7 Å². The Morgan fingerprint density at radius 1 is 0.355 bits per heavy atom. The fraction of sp³-hybridized carbons (Fsp3) is 0.0517. The molecule has 0 N–H and O–H groups in total. The highest BCUT2D eigenvalue weighted by Gasteiger charge is 2.36. The minimum atomic E-state index is -0.0899. The fourth-order valence-electron chi connectivity index (χ4n) is 9.61. The van der Waals surface area contributed by atoms with Crippen molar-refractivity contribution in [1.29, 1.82) is 0 Å². The van der Waals surface area contributed by atoms with Crippen LogP contribution in [0.1, 0.15) is 25.0 Å². The molecule has 0 unspecified atom stereocenters. The number of rotatable bonds is 6. The molecule has 62 heavy (non-hydrogen) atoms. The highest BCUT2D eigenvalue weighted by atomic mass is 16.3. The molecule has 12 rings (SSSR count). The molecule has 0 radical (unpaired) electrons. The molecule has 2 heterocycles. The molecule has 0 amide bonds. The van der Waals surface area contributed by atoms with E-state index in [4.69, 9.17) is 19.4 Å². The molecule has 0 aliphatic heterocycles. The number of aromatic nitrogens is 3. The maximum absolute atomic E-state index is 6.64. The van der Waals surface area contributed by atoms with Gasteiger partial charge in [0.15, 0.2) is 17.5 Å². The fourth-order valence-corrected chi connectivity index (χ4v) is 9.61. The van der Waals surface area contributed by atoms with E-state index in [0.717, 1.165) is 60.7 Å². The second-order valence-electron chi connectivity index (χ2n) is 16.8. The van der Waals surface area contributed by atoms with Crippen LogP contribution < -0.4 is 0 Å². The number of furan rings is 1. The van der Waals surface area contributed by atoms with Crippen LogP contribution in [0, 0.1) is 0 Å². The predicted molar refractivity (Wildman–Crippen MR) is 255 cm³/mol. The average Bonchev–Trinajstić information content (AvgIpc) is 3.83. The highest BCUT2D eigenvalue weighted by Crippen LogP contribution is 2.52. The number of nitrogens with zero attached hydrogens (tertiary/aromatic N) is 3. The lowest BCUT2D eigenvalue weighted by atomic mass is 9.82. The molecule has 0 bridgehead atoms. The largest absolute Gasteiger partial charge is 0.456 e. The lowest BCUT2D eigenvalue weighted by Gasteiger charge is -2.21. The van der Waals surface area contributed by atoms with E-state index >= 15 is 0 Å². The van der Waals surface area contributed by atoms with E-state index in [0.29, 0.717) is 17.5 Å². The maximum Gasteiger partial charge on any atom is 0.164 e. The molecular formula is C58H39N3O. The van der Waals surface area contributed by atoms with Crippen LogP contribution in [0.25, 0.3) is 111 Å². The summed E-state index contributed by atoms with van der Waals surface area (Å²) in [5.74, 6) is 1.80. The standard InChI is InChI=1S/C58H39N3O/c1-58(2)49-25-9-8-22-47(49)53-45(23-12-26-50(53)58)41-20-11-21-42(34-41)55-59-56(43-29-28-37-16-6-7-17-38(37)33-43)61-57(60-55)44-30-31-48-52(35-44)62-51-27-13-24-46(54(48)51)40-19-10-18-39(32-40)36-14-4-3-5-15-36/h3-35H,1-2H3. The van der Waals surface area contributed by atoms with Gasteiger partial charge >= 0.3 is 0 Å². The zero-order valence-corrected chi connectivity index (χ0v) is 34.3. The van der Waals surface area contributed by atoms with Crippen molar-refractivity contribution in [3.05, 3.63) is 211 Å². The van der Waals surface area contributed by atoms with E-state index in [1.807, 2.05) is 6.07 Å². The Balaban J connectivity index is 0.999. The summed E-state index contributed by atoms with van der Waals surface area (Å²) in [7, 11) is 0. The Morgan fingerprint density at radius 2 is 0.903 bits per heavy atom. The first-order valence-corrected chi connectivity index (χ1v) is 21.2. The molecule has 4 nitrogen and oxygen atoms in total. The summed E-state index contributed by atoms with van der Waals surface area (Å²) >= 11 is 0. The van der Waals surface area contributed by atoms with Gasteiger partial charge in [-0.3, -0.25) is 0 Å². The smallest absolute Gasteiger partial charge is 0.164 e. The van der Waals surface area contributed by atoms with Gasteiger partial charge in [-0.1, -0.05) is 178 Å². The lowest BCUT2D eigenvalue weighted by molar-refractivity contribution is 0.660. The van der Waals surface area contributed by atoms with Crippen LogP contribution in [0.15, 0.2) is 205 Å². The number of hydrogen-bond donors (Lipinski definition) is 0. The topological polar surface area (TPSA) is 51.8 Å². The first-order valence-electron chi connectivity index (χ1n) is 21.2. The second kappa shape index (κ2) is 14.1. The van der Waals surface area contributed by atoms with Crippen molar-refractivity contribution in [2.24, 2.45) is 0 Å². The maximum atomic E-state index is 6.64. The third-order valence-electron chi connectivity index (χ3n) is 12.7. The predicted octanol–water partition coefficient (Wildman–Crippen LogP) is 15.2. The van der Waals surface area contributed by atoms with Gasteiger partial charge in [-0.25, -0.2) is 15.0 Å². The minimum Gasteiger partial charge on any atom is -0.456 e. The third kappa shape index (κ3) is 5.87. The second-order valence-corrected chi connectivity index (χ2v) is 16.8. The summed E-state index contributed by atoms with van der Waals surface area (Å²) in [6.07, 6.45) is 0. The first kappa shape index (κ1) is 35.9. The van der Waals surface area contributed by atoms with Gasteiger partial charge in [-0.2, -0.15) is 0 Å². The summed E-state index contributed by atoms with van der Waals surface area (Å²) in [4.78, 5) is 15.6. The molecule has 1 aliphatic rings. The van der Waals surface area contributed by atoms with Gasteiger partial charge < -0.3 is 4.42 Å². The number of hydrogen-bond acceptors (Lipinski definition) is 4. The van der Waals surface area contributed by atoms with Gasteiger partial charge in [0.1, 0.15) is 11.2 Å². The molecule has 9 aromatic carbocycles. The Hall–Kier alpha value is -7.95. The van der Waals surface area contributed by atoms with E-state index in [9.17, 15) is 0 Å². The molecule has 0 saturated carbocycles. The molecule has 4 heteroatoms. The van der Waals surface area contributed by atoms with Crippen LogP contribution in [-0.2, 0) is 5.41 Å². The van der Waals surface area contributed by atoms with Gasteiger partial charge in [0.25, 0.3) is 0 Å². The normalized spacial score (nSPS) is 12.8. The van der Waals surface area contributed by atoms with Crippen LogP contribution in [-0.4, -0.2) is 15.0 Å². The van der Waals surface area contributed by atoms with E-state index in [1.54, 1.807) is 0 Å². The Bertz CT molecular complexity index is 3560. The minimum absolute atomic E-state index is 0.0899.